The molecule has 0 aromatic carbocycles. The summed E-state index contributed by atoms with van der Waals surface area (Å²) < 4.78 is 5.69. The van der Waals surface area contributed by atoms with E-state index >= 15 is 0 Å². The molecule has 5 heteroatoms. The van der Waals surface area contributed by atoms with Gasteiger partial charge in [0.05, 0.1) is 23.5 Å². The van der Waals surface area contributed by atoms with Crippen LogP contribution >= 0.6 is 0 Å². The molecule has 5 nitrogen and oxygen atoms in total. The largest absolute Gasteiger partial charge is 0.373 e. The van der Waals surface area contributed by atoms with Crippen LogP contribution in [0.1, 0.15) is 35.5 Å². The fourth-order valence-corrected chi connectivity index (χ4v) is 2.76. The fraction of sp³-hybridized carbons (Fsp3) is 0.625. The first-order chi connectivity index (χ1) is 9.89. The summed E-state index contributed by atoms with van der Waals surface area (Å²) in [4.78, 5) is 18.8. The lowest BCUT2D eigenvalue weighted by Gasteiger charge is -2.38. The molecule has 116 valence electrons. The highest BCUT2D eigenvalue weighted by atomic mass is 16.5. The Morgan fingerprint density at radius 3 is 2.90 bits per heavy atom. The van der Waals surface area contributed by atoms with Gasteiger partial charge in [0.15, 0.2) is 0 Å². The number of carbonyl (C=O) groups excluding carboxylic acids is 1. The van der Waals surface area contributed by atoms with E-state index in [0.29, 0.717) is 12.1 Å². The summed E-state index contributed by atoms with van der Waals surface area (Å²) in [6.07, 6.45) is 1.73. The summed E-state index contributed by atoms with van der Waals surface area (Å²) in [7, 11) is 0. The monoisotopic (exact) mass is 291 g/mol. The van der Waals surface area contributed by atoms with Gasteiger partial charge in [0.25, 0.3) is 5.91 Å². The molecular weight excluding hydrogens is 266 g/mol. The number of nitrogens with zero attached hydrogens (tertiary/aromatic N) is 2. The zero-order valence-electron chi connectivity index (χ0n) is 13.4. The van der Waals surface area contributed by atoms with Gasteiger partial charge in [-0.1, -0.05) is 0 Å². The molecule has 1 aliphatic rings. The summed E-state index contributed by atoms with van der Waals surface area (Å²) in [5.74, 6) is -0.0365. The summed E-state index contributed by atoms with van der Waals surface area (Å²) in [5, 5.41) is 2.99. The molecule has 1 aromatic rings. The third-order valence-corrected chi connectivity index (χ3v) is 3.79. The average Bonchev–Trinajstić information content (AvgIpc) is 2.37. The Balaban J connectivity index is 1.85. The Labute approximate surface area is 126 Å². The first kappa shape index (κ1) is 15.9. The molecule has 0 bridgehead atoms. The van der Waals surface area contributed by atoms with Crippen LogP contribution in [0.25, 0.3) is 0 Å². The van der Waals surface area contributed by atoms with Crippen LogP contribution in [-0.2, 0) is 4.74 Å². The number of morpholine rings is 1. The van der Waals surface area contributed by atoms with Crippen molar-refractivity contribution in [2.24, 2.45) is 0 Å². The zero-order valence-corrected chi connectivity index (χ0v) is 13.4. The maximum absolute atomic E-state index is 12.3. The van der Waals surface area contributed by atoms with Crippen LogP contribution in [0.15, 0.2) is 12.3 Å². The van der Waals surface area contributed by atoms with Crippen molar-refractivity contribution in [2.45, 2.75) is 33.3 Å². The highest BCUT2D eigenvalue weighted by molar-refractivity contribution is 5.96. The first-order valence-corrected chi connectivity index (χ1v) is 7.46. The van der Waals surface area contributed by atoms with Gasteiger partial charge in [-0.15, -0.1) is 0 Å². The number of ether oxygens (including phenoxy) is 1. The fourth-order valence-electron chi connectivity index (χ4n) is 2.76. The topological polar surface area (TPSA) is 54.5 Å². The van der Waals surface area contributed by atoms with Crippen LogP contribution in [0.4, 0.5) is 0 Å². The van der Waals surface area contributed by atoms with Gasteiger partial charge in [0, 0.05) is 32.4 Å². The van der Waals surface area contributed by atoms with Crippen molar-refractivity contribution in [1.29, 1.82) is 0 Å². The SMILES string of the molecule is Cc1ccnc(C)c1C(=O)NCCN1CCOC(C)(C)C1. The van der Waals surface area contributed by atoms with Crippen LogP contribution in [0, 0.1) is 13.8 Å². The van der Waals surface area contributed by atoms with Gasteiger partial charge in [0.1, 0.15) is 0 Å². The van der Waals surface area contributed by atoms with Gasteiger partial charge >= 0.3 is 0 Å². The van der Waals surface area contributed by atoms with Crippen LogP contribution in [-0.4, -0.2) is 54.2 Å². The van der Waals surface area contributed by atoms with E-state index in [1.807, 2.05) is 19.9 Å². The lowest BCUT2D eigenvalue weighted by Crippen LogP contribution is -2.50. The predicted molar refractivity (Wildman–Crippen MR) is 82.5 cm³/mol. The van der Waals surface area contributed by atoms with Crippen LogP contribution in [0.3, 0.4) is 0 Å². The van der Waals surface area contributed by atoms with Crippen molar-refractivity contribution >= 4 is 5.91 Å². The molecule has 1 aromatic heterocycles. The Morgan fingerprint density at radius 1 is 1.48 bits per heavy atom. The number of nitrogens with one attached hydrogen (secondary N) is 1. The minimum Gasteiger partial charge on any atom is -0.373 e. The lowest BCUT2D eigenvalue weighted by atomic mass is 10.1. The average molecular weight is 291 g/mol. The molecule has 1 fully saturated rings. The van der Waals surface area contributed by atoms with E-state index in [2.05, 4.69) is 29.0 Å². The van der Waals surface area contributed by atoms with Gasteiger partial charge in [0.2, 0.25) is 0 Å². The first-order valence-electron chi connectivity index (χ1n) is 7.46. The number of carbonyl (C=O) groups is 1. The third-order valence-electron chi connectivity index (χ3n) is 3.79. The van der Waals surface area contributed by atoms with Gasteiger partial charge in [-0.3, -0.25) is 14.7 Å². The second kappa shape index (κ2) is 6.54. The van der Waals surface area contributed by atoms with E-state index in [9.17, 15) is 4.79 Å². The quantitative estimate of drug-likeness (QED) is 0.914. The van der Waals surface area contributed by atoms with Crippen LogP contribution in [0.2, 0.25) is 0 Å². The summed E-state index contributed by atoms with van der Waals surface area (Å²) in [5.41, 5.74) is 2.34. The minimum absolute atomic E-state index is 0.0365. The molecular formula is C16H25N3O2. The number of hydrogen-bond acceptors (Lipinski definition) is 4. The normalized spacial score (nSPS) is 18.5. The molecule has 0 atom stereocenters. The van der Waals surface area contributed by atoms with Crippen molar-refractivity contribution in [3.8, 4) is 0 Å². The maximum atomic E-state index is 12.3. The molecule has 0 spiro atoms. The van der Waals surface area contributed by atoms with Gasteiger partial charge in [-0.2, -0.15) is 0 Å². The van der Waals surface area contributed by atoms with Crippen molar-refractivity contribution < 1.29 is 9.53 Å². The number of rotatable bonds is 4. The van der Waals surface area contributed by atoms with E-state index in [1.165, 1.54) is 0 Å². The van der Waals surface area contributed by atoms with Crippen molar-refractivity contribution in [2.75, 3.05) is 32.8 Å². The zero-order chi connectivity index (χ0) is 15.5. The molecule has 0 saturated carbocycles. The highest BCUT2D eigenvalue weighted by Crippen LogP contribution is 2.15. The molecule has 1 N–H and O–H groups in total. The number of aromatic nitrogens is 1. The Kier molecular flexibility index (Phi) is 4.96. The molecule has 0 unspecified atom stereocenters. The number of aryl methyl sites for hydroxylation is 2. The van der Waals surface area contributed by atoms with Crippen molar-refractivity contribution in [1.82, 2.24) is 15.2 Å². The number of pyridine rings is 1. The summed E-state index contributed by atoms with van der Waals surface area (Å²) in [6, 6.07) is 1.87. The van der Waals surface area contributed by atoms with Crippen LogP contribution < -0.4 is 5.32 Å². The van der Waals surface area contributed by atoms with E-state index < -0.39 is 0 Å². The number of amides is 1. The molecule has 0 aliphatic carbocycles. The standard InChI is InChI=1S/C16H25N3O2/c1-12-5-6-17-13(2)14(12)15(20)18-7-8-19-9-10-21-16(3,4)11-19/h5-6H,7-11H2,1-4H3,(H,18,20). The third kappa shape index (κ3) is 4.25. The summed E-state index contributed by atoms with van der Waals surface area (Å²) in [6.45, 7) is 12.1. The smallest absolute Gasteiger partial charge is 0.253 e. The second-order valence-corrected chi connectivity index (χ2v) is 6.23. The van der Waals surface area contributed by atoms with E-state index in [0.717, 1.165) is 37.5 Å². The minimum atomic E-state index is -0.0984. The molecule has 1 saturated heterocycles. The molecule has 0 radical (unpaired) electrons. The Hall–Kier alpha value is -1.46. The highest BCUT2D eigenvalue weighted by Gasteiger charge is 2.26. The van der Waals surface area contributed by atoms with Gasteiger partial charge in [-0.05, 0) is 39.3 Å². The van der Waals surface area contributed by atoms with E-state index in [-0.39, 0.29) is 11.5 Å². The van der Waals surface area contributed by atoms with Crippen molar-refractivity contribution in [3.05, 3.63) is 29.1 Å². The lowest BCUT2D eigenvalue weighted by molar-refractivity contribution is -0.0853. The van der Waals surface area contributed by atoms with Gasteiger partial charge < -0.3 is 10.1 Å². The molecule has 1 amide bonds. The Bertz CT molecular complexity index is 494. The Morgan fingerprint density at radius 2 is 2.24 bits per heavy atom. The molecule has 21 heavy (non-hydrogen) atoms. The number of hydrogen-bond donors (Lipinski definition) is 1. The summed E-state index contributed by atoms with van der Waals surface area (Å²) >= 11 is 0. The van der Waals surface area contributed by atoms with E-state index in [1.54, 1.807) is 6.20 Å². The predicted octanol–water partition coefficient (Wildman–Crippen LogP) is 1.54. The molecule has 2 heterocycles. The van der Waals surface area contributed by atoms with Crippen molar-refractivity contribution in [3.63, 3.8) is 0 Å². The molecule has 1 aliphatic heterocycles. The van der Waals surface area contributed by atoms with Crippen LogP contribution in [0.5, 0.6) is 0 Å². The second-order valence-electron chi connectivity index (χ2n) is 6.23. The maximum Gasteiger partial charge on any atom is 0.253 e. The van der Waals surface area contributed by atoms with Gasteiger partial charge in [-0.25, -0.2) is 0 Å². The van der Waals surface area contributed by atoms with E-state index in [4.69, 9.17) is 4.74 Å². The molecule has 2 rings (SSSR count).